The summed E-state index contributed by atoms with van der Waals surface area (Å²) < 4.78 is 25.6. The van der Waals surface area contributed by atoms with E-state index in [0.717, 1.165) is 51.9 Å². The van der Waals surface area contributed by atoms with Crippen molar-refractivity contribution in [3.05, 3.63) is 0 Å². The van der Waals surface area contributed by atoms with Gasteiger partial charge in [-0.1, -0.05) is 0 Å². The highest BCUT2D eigenvalue weighted by Gasteiger charge is 2.40. The Kier molecular flexibility index (Phi) is 4.99. The van der Waals surface area contributed by atoms with Crippen LogP contribution in [0.5, 0.6) is 0 Å². The van der Waals surface area contributed by atoms with Crippen molar-refractivity contribution in [1.82, 2.24) is 14.5 Å². The van der Waals surface area contributed by atoms with Gasteiger partial charge in [0.25, 0.3) is 0 Å². The fraction of sp³-hybridized carbons (Fsp3) is 0.938. The number of nitrogens with zero attached hydrogens (tertiary/aromatic N) is 2. The minimum absolute atomic E-state index is 0.118. The van der Waals surface area contributed by atoms with Crippen molar-refractivity contribution in [1.29, 1.82) is 0 Å². The minimum atomic E-state index is -3.18. The summed E-state index contributed by atoms with van der Waals surface area (Å²) in [6, 6.07) is 0. The number of amides is 1. The highest BCUT2D eigenvalue weighted by Crippen LogP contribution is 2.37. The average molecular weight is 343 g/mol. The molecule has 0 aliphatic carbocycles. The third-order valence-corrected chi connectivity index (χ3v) is 7.81. The first-order chi connectivity index (χ1) is 11.0. The lowest BCUT2D eigenvalue weighted by Gasteiger charge is -2.41. The van der Waals surface area contributed by atoms with E-state index in [2.05, 4.69) is 5.32 Å². The van der Waals surface area contributed by atoms with E-state index in [4.69, 9.17) is 0 Å². The summed E-state index contributed by atoms with van der Waals surface area (Å²) in [7, 11) is -3.18. The Morgan fingerprint density at radius 2 is 1.96 bits per heavy atom. The second-order valence-electron chi connectivity index (χ2n) is 7.35. The summed E-state index contributed by atoms with van der Waals surface area (Å²) in [5.41, 5.74) is 0.404. The smallest absolute Gasteiger partial charge is 0.227 e. The molecule has 1 atom stereocenters. The zero-order valence-electron chi connectivity index (χ0n) is 14.1. The van der Waals surface area contributed by atoms with Gasteiger partial charge in [-0.2, -0.15) is 0 Å². The monoisotopic (exact) mass is 343 g/mol. The predicted octanol–water partition coefficient (Wildman–Crippen LogP) is 0.650. The molecule has 6 nitrogen and oxygen atoms in total. The van der Waals surface area contributed by atoms with Gasteiger partial charge in [0.15, 0.2) is 0 Å². The molecule has 7 heteroatoms. The van der Waals surface area contributed by atoms with E-state index in [0.29, 0.717) is 18.5 Å². The van der Waals surface area contributed by atoms with Gasteiger partial charge in [-0.05, 0) is 51.0 Å². The number of carbonyl (C=O) groups is 1. The molecule has 3 fully saturated rings. The largest absolute Gasteiger partial charge is 0.342 e. The van der Waals surface area contributed by atoms with Crippen molar-refractivity contribution in [2.75, 3.05) is 45.0 Å². The molecule has 3 rings (SSSR count). The van der Waals surface area contributed by atoms with Crippen LogP contribution in [0.4, 0.5) is 0 Å². The first kappa shape index (κ1) is 17.2. The molecule has 1 amide bonds. The normalized spacial score (nSPS) is 29.1. The molecule has 3 aliphatic heterocycles. The number of nitrogens with one attached hydrogen (secondary N) is 1. The Balaban J connectivity index is 1.58. The molecule has 0 saturated carbocycles. The Bertz CT molecular complexity index is 533. The summed E-state index contributed by atoms with van der Waals surface area (Å²) in [6.07, 6.45) is 4.99. The summed E-state index contributed by atoms with van der Waals surface area (Å²) in [4.78, 5) is 14.8. The molecule has 1 spiro atoms. The van der Waals surface area contributed by atoms with E-state index in [9.17, 15) is 13.2 Å². The van der Waals surface area contributed by atoms with Gasteiger partial charge in [0.1, 0.15) is 0 Å². The third kappa shape index (κ3) is 3.56. The van der Waals surface area contributed by atoms with Crippen LogP contribution in [-0.2, 0) is 14.8 Å². The number of hydrogen-bond donors (Lipinski definition) is 1. The molecule has 1 N–H and O–H groups in total. The maximum absolute atomic E-state index is 12.8. The number of likely N-dealkylation sites (tertiary alicyclic amines) is 1. The van der Waals surface area contributed by atoms with E-state index in [-0.39, 0.29) is 17.6 Å². The van der Waals surface area contributed by atoms with Crippen molar-refractivity contribution in [2.24, 2.45) is 11.3 Å². The molecular weight excluding hydrogens is 314 g/mol. The zero-order valence-corrected chi connectivity index (χ0v) is 14.9. The van der Waals surface area contributed by atoms with Crippen LogP contribution in [0, 0.1) is 11.3 Å². The van der Waals surface area contributed by atoms with Gasteiger partial charge in [0.2, 0.25) is 15.9 Å². The van der Waals surface area contributed by atoms with Crippen LogP contribution < -0.4 is 5.32 Å². The molecule has 0 bridgehead atoms. The van der Waals surface area contributed by atoms with Crippen LogP contribution in [-0.4, -0.2) is 68.6 Å². The molecule has 0 radical (unpaired) electrons. The molecule has 3 saturated heterocycles. The van der Waals surface area contributed by atoms with Gasteiger partial charge in [-0.25, -0.2) is 12.7 Å². The lowest BCUT2D eigenvalue weighted by Crippen LogP contribution is -2.50. The van der Waals surface area contributed by atoms with Crippen molar-refractivity contribution in [2.45, 2.75) is 39.0 Å². The van der Waals surface area contributed by atoms with Gasteiger partial charge in [-0.15, -0.1) is 0 Å². The van der Waals surface area contributed by atoms with Crippen molar-refractivity contribution in [3.63, 3.8) is 0 Å². The van der Waals surface area contributed by atoms with Gasteiger partial charge in [0, 0.05) is 32.7 Å². The van der Waals surface area contributed by atoms with E-state index < -0.39 is 10.0 Å². The number of sulfonamides is 1. The quantitative estimate of drug-likeness (QED) is 0.817. The van der Waals surface area contributed by atoms with Crippen LogP contribution >= 0.6 is 0 Å². The fourth-order valence-electron chi connectivity index (χ4n) is 4.26. The Morgan fingerprint density at radius 1 is 1.22 bits per heavy atom. The highest BCUT2D eigenvalue weighted by molar-refractivity contribution is 7.89. The summed E-state index contributed by atoms with van der Waals surface area (Å²) >= 11 is 0. The molecule has 0 aromatic rings. The Labute approximate surface area is 139 Å². The lowest BCUT2D eigenvalue weighted by atomic mass is 9.77. The molecule has 23 heavy (non-hydrogen) atoms. The summed E-state index contributed by atoms with van der Waals surface area (Å²) in [5.74, 6) is 0.135. The average Bonchev–Trinajstić information content (AvgIpc) is 3.03. The van der Waals surface area contributed by atoms with E-state index in [1.54, 1.807) is 6.92 Å². The number of carbonyl (C=O) groups excluding carboxylic acids is 1. The van der Waals surface area contributed by atoms with Crippen LogP contribution in [0.2, 0.25) is 0 Å². The van der Waals surface area contributed by atoms with E-state index in [1.807, 2.05) is 4.90 Å². The van der Waals surface area contributed by atoms with Crippen LogP contribution in [0.15, 0.2) is 0 Å². The number of piperidine rings is 2. The van der Waals surface area contributed by atoms with Crippen LogP contribution in [0.3, 0.4) is 0 Å². The van der Waals surface area contributed by atoms with Crippen LogP contribution in [0.25, 0.3) is 0 Å². The van der Waals surface area contributed by atoms with Gasteiger partial charge in [-0.3, -0.25) is 4.79 Å². The van der Waals surface area contributed by atoms with Crippen LogP contribution in [0.1, 0.15) is 39.0 Å². The summed E-state index contributed by atoms with van der Waals surface area (Å²) in [5, 5.41) is 3.44. The zero-order chi connectivity index (χ0) is 16.5. The Hall–Kier alpha value is -0.660. The van der Waals surface area contributed by atoms with Crippen molar-refractivity contribution >= 4 is 15.9 Å². The lowest BCUT2D eigenvalue weighted by molar-refractivity contribution is -0.138. The molecular formula is C16H29N3O3S. The molecule has 0 aromatic carbocycles. The molecule has 132 valence electrons. The standard InChI is InChI=1S/C16H29N3O3S/c1-2-23(21,22)19-9-3-4-14(12-19)15(20)18-10-6-16(7-11-18)5-8-17-13-16/h14,17H,2-13H2,1H3. The first-order valence-corrected chi connectivity index (χ1v) is 10.5. The van der Waals surface area contributed by atoms with Crippen molar-refractivity contribution in [3.8, 4) is 0 Å². The predicted molar refractivity (Wildman–Crippen MR) is 89.5 cm³/mol. The molecule has 0 aromatic heterocycles. The second kappa shape index (κ2) is 6.69. The van der Waals surface area contributed by atoms with Crippen molar-refractivity contribution < 1.29 is 13.2 Å². The fourth-order valence-corrected chi connectivity index (χ4v) is 5.44. The van der Waals surface area contributed by atoms with Gasteiger partial charge >= 0.3 is 0 Å². The topological polar surface area (TPSA) is 69.7 Å². The number of rotatable bonds is 3. The minimum Gasteiger partial charge on any atom is -0.342 e. The molecule has 1 unspecified atom stereocenters. The Morgan fingerprint density at radius 3 is 2.57 bits per heavy atom. The number of hydrogen-bond acceptors (Lipinski definition) is 4. The molecule has 3 heterocycles. The maximum Gasteiger partial charge on any atom is 0.227 e. The SMILES string of the molecule is CCS(=O)(=O)N1CCCC(C(=O)N2CCC3(CCNC3)CC2)C1. The van der Waals surface area contributed by atoms with Gasteiger partial charge < -0.3 is 10.2 Å². The second-order valence-corrected chi connectivity index (χ2v) is 9.61. The highest BCUT2D eigenvalue weighted by atomic mass is 32.2. The third-order valence-electron chi connectivity index (χ3n) is 5.96. The summed E-state index contributed by atoms with van der Waals surface area (Å²) in [6.45, 7) is 6.45. The van der Waals surface area contributed by atoms with Gasteiger partial charge in [0.05, 0.1) is 11.7 Å². The van der Waals surface area contributed by atoms with E-state index in [1.165, 1.54) is 10.7 Å². The maximum atomic E-state index is 12.8. The molecule has 3 aliphatic rings. The first-order valence-electron chi connectivity index (χ1n) is 8.93. The van der Waals surface area contributed by atoms with E-state index >= 15 is 0 Å².